The fraction of sp³-hybridized carbons (Fsp3) is 0.167. The summed E-state index contributed by atoms with van der Waals surface area (Å²) in [6.45, 7) is 0. The molecule has 1 aromatic carbocycles. The molecule has 1 aliphatic carbocycles. The van der Waals surface area contributed by atoms with E-state index in [-0.39, 0.29) is 11.3 Å². The normalized spacial score (nSPS) is 14.3. The molecular weight excluding hydrogens is 443 g/mol. The maximum atomic E-state index is 12.6. The van der Waals surface area contributed by atoms with Gasteiger partial charge in [-0.25, -0.2) is 15.0 Å². The van der Waals surface area contributed by atoms with E-state index in [4.69, 9.17) is 16.5 Å². The number of pyridine rings is 2. The maximum Gasteiger partial charge on any atom is 0.503 e. The Bertz CT molecular complexity index is 1450. The lowest BCUT2D eigenvalue weighted by Gasteiger charge is -2.12. The molecule has 0 saturated heterocycles. The highest BCUT2D eigenvalue weighted by molar-refractivity contribution is 6.09. The molecule has 0 fully saturated rings. The molecule has 0 spiro atoms. The summed E-state index contributed by atoms with van der Waals surface area (Å²) in [6.07, 6.45) is 1.69. The lowest BCUT2D eigenvalue weighted by atomic mass is 10.1. The smallest absolute Gasteiger partial charge is 0.404 e. The van der Waals surface area contributed by atoms with Gasteiger partial charge in [0.2, 0.25) is 0 Å². The zero-order valence-electron chi connectivity index (χ0n) is 17.9. The van der Waals surface area contributed by atoms with Crippen molar-refractivity contribution < 1.29 is 13.2 Å². The molecule has 172 valence electrons. The largest absolute Gasteiger partial charge is 0.503 e. The molecule has 34 heavy (non-hydrogen) atoms. The summed E-state index contributed by atoms with van der Waals surface area (Å²) in [5.74, 6) is 0.839. The molecule has 0 unspecified atom stereocenters. The van der Waals surface area contributed by atoms with E-state index in [0.29, 0.717) is 34.6 Å². The Labute approximate surface area is 192 Å². The molecule has 3 heterocycles. The second-order valence-electron chi connectivity index (χ2n) is 7.90. The summed E-state index contributed by atoms with van der Waals surface area (Å²) in [5, 5.41) is 0. The van der Waals surface area contributed by atoms with E-state index in [0.717, 1.165) is 31.1 Å². The van der Waals surface area contributed by atoms with Gasteiger partial charge in [0.05, 0.1) is 11.3 Å². The van der Waals surface area contributed by atoms with Gasteiger partial charge >= 0.3 is 6.30 Å². The van der Waals surface area contributed by atoms with Crippen LogP contribution in [0.5, 0.6) is 0 Å². The number of alkyl halides is 3. The van der Waals surface area contributed by atoms with E-state index in [2.05, 4.69) is 27.1 Å². The van der Waals surface area contributed by atoms with Crippen molar-refractivity contribution in [1.29, 1.82) is 0 Å². The van der Waals surface area contributed by atoms with Gasteiger partial charge in [0.25, 0.3) is 0 Å². The average molecular weight is 463 g/mol. The molecule has 0 bridgehead atoms. The van der Waals surface area contributed by atoms with Crippen molar-refractivity contribution in [2.75, 3.05) is 5.73 Å². The molecule has 7 nitrogen and oxygen atoms in total. The van der Waals surface area contributed by atoms with Crippen LogP contribution < -0.4 is 11.5 Å². The molecule has 0 saturated carbocycles. The first-order valence-electron chi connectivity index (χ1n) is 10.6. The van der Waals surface area contributed by atoms with E-state index >= 15 is 0 Å². The Hall–Kier alpha value is -4.21. The Balaban J connectivity index is 1.74. The second kappa shape index (κ2) is 8.29. The van der Waals surface area contributed by atoms with Gasteiger partial charge in [-0.15, -0.1) is 13.2 Å². The number of hydrogen-bond acceptors (Lipinski definition) is 6. The number of hydrogen-bond donors (Lipinski definition) is 2. The molecule has 10 heteroatoms. The fourth-order valence-electron chi connectivity index (χ4n) is 4.18. The van der Waals surface area contributed by atoms with Gasteiger partial charge in [-0.2, -0.15) is 4.99 Å². The van der Waals surface area contributed by atoms with Gasteiger partial charge in [-0.1, -0.05) is 6.07 Å². The van der Waals surface area contributed by atoms with Crippen molar-refractivity contribution in [2.45, 2.75) is 25.6 Å². The fourth-order valence-corrected chi connectivity index (χ4v) is 4.18. The predicted molar refractivity (Wildman–Crippen MR) is 125 cm³/mol. The first-order chi connectivity index (χ1) is 16.3. The molecule has 0 atom stereocenters. The highest BCUT2D eigenvalue weighted by Crippen LogP contribution is 2.33. The number of imidazole rings is 1. The minimum absolute atomic E-state index is 0.0309. The van der Waals surface area contributed by atoms with Gasteiger partial charge in [0.1, 0.15) is 11.3 Å². The zero-order valence-corrected chi connectivity index (χ0v) is 17.9. The third kappa shape index (κ3) is 3.98. The Morgan fingerprint density at radius 1 is 1.06 bits per heavy atom. The Kier molecular flexibility index (Phi) is 5.27. The van der Waals surface area contributed by atoms with E-state index in [1.807, 2.05) is 16.7 Å². The number of anilines is 1. The van der Waals surface area contributed by atoms with Gasteiger partial charge in [0, 0.05) is 29.9 Å². The molecule has 3 aromatic heterocycles. The topological polar surface area (TPSA) is 108 Å². The van der Waals surface area contributed by atoms with Crippen LogP contribution in [0.25, 0.3) is 33.8 Å². The molecule has 0 aliphatic heterocycles. The summed E-state index contributed by atoms with van der Waals surface area (Å²) < 4.78 is 39.7. The van der Waals surface area contributed by atoms with Crippen molar-refractivity contribution >= 4 is 28.8 Å². The first-order valence-corrected chi connectivity index (χ1v) is 10.6. The number of aryl methyl sites for hydroxylation is 2. The Morgan fingerprint density at radius 2 is 1.88 bits per heavy atom. The number of allylic oxidation sites excluding steroid dienone is 1. The standard InChI is InChI=1S/C24H20F3N7/c25-24(26,27)31-13-16(12-28)19-8-9-20-23(32-19)34(17-7-6-14-3-1-4-15(14)11-17)22(33-20)18-5-2-10-30-21(18)29/h2,5-13H,1,3-4,28H2,(H2,29,30)/b16-12+,31-13+. The SMILES string of the molecule is N/C=C(\C=N\C(F)(F)F)c1ccc2nc(-c3cccnc3N)n(-c3ccc4c(c3)CCC4)c2n1. The summed E-state index contributed by atoms with van der Waals surface area (Å²) in [7, 11) is 0. The van der Waals surface area contributed by atoms with Crippen molar-refractivity contribution in [3.8, 4) is 17.1 Å². The molecule has 4 aromatic rings. The summed E-state index contributed by atoms with van der Waals surface area (Å²) in [6, 6.07) is 13.0. The number of nitrogens with zero attached hydrogens (tertiary/aromatic N) is 5. The van der Waals surface area contributed by atoms with Crippen molar-refractivity contribution in [1.82, 2.24) is 19.5 Å². The zero-order chi connectivity index (χ0) is 23.9. The highest BCUT2D eigenvalue weighted by Gasteiger charge is 2.25. The number of nitrogens with two attached hydrogens (primary N) is 2. The quantitative estimate of drug-likeness (QED) is 0.344. The molecular formula is C24H20F3N7. The van der Waals surface area contributed by atoms with E-state index < -0.39 is 6.30 Å². The number of halogens is 3. The number of aromatic nitrogens is 4. The van der Waals surface area contributed by atoms with Gasteiger partial charge in [-0.3, -0.25) is 4.57 Å². The van der Waals surface area contributed by atoms with E-state index in [9.17, 15) is 13.2 Å². The van der Waals surface area contributed by atoms with Crippen LogP contribution in [-0.4, -0.2) is 32.0 Å². The lowest BCUT2D eigenvalue weighted by Crippen LogP contribution is -2.05. The molecule has 1 aliphatic rings. The lowest BCUT2D eigenvalue weighted by molar-refractivity contribution is -0.118. The number of nitrogen functional groups attached to an aromatic ring is 1. The third-order valence-corrected chi connectivity index (χ3v) is 5.75. The molecule has 5 rings (SSSR count). The van der Waals surface area contributed by atoms with E-state index in [1.165, 1.54) is 11.1 Å². The first kappa shape index (κ1) is 21.6. The van der Waals surface area contributed by atoms with Crippen LogP contribution in [0.15, 0.2) is 59.9 Å². The Morgan fingerprint density at radius 3 is 2.65 bits per heavy atom. The van der Waals surface area contributed by atoms with Gasteiger partial charge < -0.3 is 11.5 Å². The summed E-state index contributed by atoms with van der Waals surface area (Å²) >= 11 is 0. The van der Waals surface area contributed by atoms with Crippen LogP contribution in [0, 0.1) is 0 Å². The summed E-state index contributed by atoms with van der Waals surface area (Å²) in [4.78, 5) is 16.2. The van der Waals surface area contributed by atoms with Crippen molar-refractivity contribution in [3.63, 3.8) is 0 Å². The average Bonchev–Trinajstić information content (AvgIpc) is 3.42. The molecule has 0 amide bonds. The number of aliphatic imine (C=N–C) groups is 1. The van der Waals surface area contributed by atoms with Crippen LogP contribution in [0.4, 0.5) is 19.0 Å². The molecule has 0 radical (unpaired) electrons. The second-order valence-corrected chi connectivity index (χ2v) is 7.90. The minimum atomic E-state index is -4.71. The number of rotatable bonds is 4. The van der Waals surface area contributed by atoms with Crippen LogP contribution in [0.1, 0.15) is 23.2 Å². The van der Waals surface area contributed by atoms with Gasteiger partial charge in [-0.05, 0) is 66.8 Å². The van der Waals surface area contributed by atoms with Crippen LogP contribution in [0.3, 0.4) is 0 Å². The molecule has 4 N–H and O–H groups in total. The number of benzene rings is 1. The predicted octanol–water partition coefficient (Wildman–Crippen LogP) is 4.44. The monoisotopic (exact) mass is 463 g/mol. The third-order valence-electron chi connectivity index (χ3n) is 5.75. The van der Waals surface area contributed by atoms with Gasteiger partial charge in [0.15, 0.2) is 11.5 Å². The van der Waals surface area contributed by atoms with Crippen molar-refractivity contribution in [3.05, 3.63) is 71.7 Å². The van der Waals surface area contributed by atoms with Crippen molar-refractivity contribution in [2.24, 2.45) is 10.7 Å². The minimum Gasteiger partial charge on any atom is -0.404 e. The maximum absolute atomic E-state index is 12.6. The van der Waals surface area contributed by atoms with Crippen LogP contribution in [0.2, 0.25) is 0 Å². The number of fused-ring (bicyclic) bond motifs is 2. The van der Waals surface area contributed by atoms with Crippen LogP contribution in [-0.2, 0) is 12.8 Å². The highest BCUT2D eigenvalue weighted by atomic mass is 19.4. The van der Waals surface area contributed by atoms with E-state index in [1.54, 1.807) is 24.4 Å². The summed E-state index contributed by atoms with van der Waals surface area (Å²) in [5.41, 5.74) is 17.0. The van der Waals surface area contributed by atoms with Crippen LogP contribution >= 0.6 is 0 Å².